The molecule has 0 heterocycles. The van der Waals surface area contributed by atoms with Gasteiger partial charge in [0.25, 0.3) is 5.69 Å². The largest absolute Gasteiger partial charge is 0.273 e. The van der Waals surface area contributed by atoms with Crippen molar-refractivity contribution >= 4 is 17.8 Å². The first-order valence-corrected chi connectivity index (χ1v) is 6.64. The molecule has 0 saturated heterocycles. The number of hydrogen-bond donors (Lipinski definition) is 1. The minimum atomic E-state index is -0.494. The molecule has 23 heavy (non-hydrogen) atoms. The average molecular weight is 308 g/mol. The van der Waals surface area contributed by atoms with Crippen molar-refractivity contribution in [3.63, 3.8) is 0 Å². The lowest BCUT2D eigenvalue weighted by Gasteiger charge is -2.00. The molecule has 114 valence electrons. The molecule has 0 aliphatic heterocycles. The third-order valence-corrected chi connectivity index (χ3v) is 2.95. The number of hydrogen-bond acceptors (Lipinski definition) is 5. The van der Waals surface area contributed by atoms with Crippen LogP contribution in [0.5, 0.6) is 0 Å². The van der Waals surface area contributed by atoms with Crippen LogP contribution >= 0.6 is 0 Å². The number of nitrogens with one attached hydrogen (secondary N) is 1. The van der Waals surface area contributed by atoms with Gasteiger partial charge in [-0.2, -0.15) is 10.4 Å². The van der Waals surface area contributed by atoms with Crippen LogP contribution in [0.1, 0.15) is 16.7 Å². The van der Waals surface area contributed by atoms with Crippen molar-refractivity contribution in [2.24, 2.45) is 5.10 Å². The lowest BCUT2D eigenvalue weighted by atomic mass is 10.1. The molecule has 2 aromatic carbocycles. The number of nitro groups is 1. The second-order valence-corrected chi connectivity index (χ2v) is 4.63. The highest BCUT2D eigenvalue weighted by Gasteiger charge is 2.06. The second-order valence-electron chi connectivity index (χ2n) is 4.63. The van der Waals surface area contributed by atoms with Gasteiger partial charge in [-0.1, -0.05) is 24.3 Å². The number of nitrogens with zero attached hydrogens (tertiary/aromatic N) is 3. The normalized spacial score (nSPS) is 10.2. The first kappa shape index (κ1) is 15.9. The predicted octanol–water partition coefficient (Wildman–Crippen LogP) is 2.16. The Balaban J connectivity index is 1.88. The Morgan fingerprint density at radius 3 is 2.43 bits per heavy atom. The molecule has 0 aliphatic carbocycles. The molecule has 1 N–H and O–H groups in total. The highest BCUT2D eigenvalue weighted by molar-refractivity contribution is 5.83. The molecule has 0 spiro atoms. The molecule has 0 radical (unpaired) electrons. The van der Waals surface area contributed by atoms with Crippen molar-refractivity contribution < 1.29 is 9.72 Å². The fraction of sp³-hybridized carbons (Fsp3) is 0.0625. The fourth-order valence-corrected chi connectivity index (χ4v) is 1.78. The summed E-state index contributed by atoms with van der Waals surface area (Å²) in [7, 11) is 0. The zero-order valence-corrected chi connectivity index (χ0v) is 12.0. The van der Waals surface area contributed by atoms with Crippen LogP contribution in [0.2, 0.25) is 0 Å². The molecular formula is C16H12N4O3. The van der Waals surface area contributed by atoms with E-state index in [0.29, 0.717) is 11.1 Å². The number of non-ortho nitro benzene ring substituents is 1. The summed E-state index contributed by atoms with van der Waals surface area (Å²) in [5.41, 5.74) is 4.31. The van der Waals surface area contributed by atoms with Crippen LogP contribution in [0.4, 0.5) is 5.69 Å². The van der Waals surface area contributed by atoms with Gasteiger partial charge in [0, 0.05) is 12.1 Å². The van der Waals surface area contributed by atoms with Crippen LogP contribution in [0.15, 0.2) is 53.6 Å². The van der Waals surface area contributed by atoms with Crippen LogP contribution in [0, 0.1) is 21.4 Å². The first-order chi connectivity index (χ1) is 11.1. The maximum absolute atomic E-state index is 11.7. The van der Waals surface area contributed by atoms with E-state index in [9.17, 15) is 14.9 Å². The molecule has 7 nitrogen and oxygen atoms in total. The summed E-state index contributed by atoms with van der Waals surface area (Å²) >= 11 is 0. The van der Waals surface area contributed by atoms with Crippen molar-refractivity contribution in [1.82, 2.24) is 5.43 Å². The van der Waals surface area contributed by atoms with Gasteiger partial charge in [-0.15, -0.1) is 0 Å². The summed E-state index contributed by atoms with van der Waals surface area (Å²) in [6.45, 7) is 0. The van der Waals surface area contributed by atoms with Crippen LogP contribution in [0.3, 0.4) is 0 Å². The predicted molar refractivity (Wildman–Crippen MR) is 83.7 cm³/mol. The van der Waals surface area contributed by atoms with Crippen LogP contribution < -0.4 is 5.43 Å². The maximum Gasteiger partial charge on any atom is 0.269 e. The minimum absolute atomic E-state index is 0.0204. The van der Waals surface area contributed by atoms with Gasteiger partial charge in [-0.25, -0.2) is 5.43 Å². The SMILES string of the molecule is N#Cc1ccc(/C=N/NC(=O)Cc2ccc([N+](=O)[O-])cc2)cc1. The monoisotopic (exact) mass is 308 g/mol. The maximum atomic E-state index is 11.7. The summed E-state index contributed by atoms with van der Waals surface area (Å²) < 4.78 is 0. The van der Waals surface area contributed by atoms with E-state index in [0.717, 1.165) is 5.56 Å². The summed E-state index contributed by atoms with van der Waals surface area (Å²) in [5, 5.41) is 23.1. The van der Waals surface area contributed by atoms with Gasteiger partial charge in [0.05, 0.1) is 29.2 Å². The van der Waals surface area contributed by atoms with Gasteiger partial charge >= 0.3 is 0 Å². The molecule has 2 rings (SSSR count). The summed E-state index contributed by atoms with van der Waals surface area (Å²) in [4.78, 5) is 21.8. The van der Waals surface area contributed by atoms with Gasteiger partial charge < -0.3 is 0 Å². The Kier molecular flexibility index (Phi) is 5.15. The van der Waals surface area contributed by atoms with Crippen molar-refractivity contribution in [1.29, 1.82) is 5.26 Å². The fourth-order valence-electron chi connectivity index (χ4n) is 1.78. The van der Waals surface area contributed by atoms with Crippen molar-refractivity contribution in [3.8, 4) is 6.07 Å². The smallest absolute Gasteiger partial charge is 0.269 e. The highest BCUT2D eigenvalue weighted by Crippen LogP contribution is 2.12. The molecule has 0 saturated carbocycles. The van der Waals surface area contributed by atoms with E-state index in [4.69, 9.17) is 5.26 Å². The van der Waals surface area contributed by atoms with Crippen LogP contribution in [-0.4, -0.2) is 17.0 Å². The van der Waals surface area contributed by atoms with E-state index in [1.54, 1.807) is 24.3 Å². The van der Waals surface area contributed by atoms with Crippen molar-refractivity contribution in [3.05, 3.63) is 75.3 Å². The molecule has 7 heteroatoms. The van der Waals surface area contributed by atoms with E-state index in [1.807, 2.05) is 6.07 Å². The quantitative estimate of drug-likeness (QED) is 0.518. The molecule has 0 bridgehead atoms. The van der Waals surface area contributed by atoms with Crippen molar-refractivity contribution in [2.75, 3.05) is 0 Å². The van der Waals surface area contributed by atoms with Gasteiger partial charge in [0.15, 0.2) is 0 Å². The van der Waals surface area contributed by atoms with Gasteiger partial charge in [0.1, 0.15) is 0 Å². The standard InChI is InChI=1S/C16H12N4O3/c17-10-13-1-3-14(4-2-13)11-18-19-16(21)9-12-5-7-15(8-6-12)20(22)23/h1-8,11H,9H2,(H,19,21)/b18-11+. The molecule has 0 aromatic heterocycles. The summed E-state index contributed by atoms with van der Waals surface area (Å²) in [6.07, 6.45) is 1.54. The van der Waals surface area contributed by atoms with E-state index in [-0.39, 0.29) is 18.0 Å². The van der Waals surface area contributed by atoms with E-state index < -0.39 is 4.92 Å². The first-order valence-electron chi connectivity index (χ1n) is 6.64. The van der Waals surface area contributed by atoms with Crippen LogP contribution in [0.25, 0.3) is 0 Å². The number of benzene rings is 2. The molecule has 0 fully saturated rings. The van der Waals surface area contributed by atoms with Gasteiger partial charge in [0.2, 0.25) is 5.91 Å². The van der Waals surface area contributed by atoms with Crippen LogP contribution in [-0.2, 0) is 11.2 Å². The number of nitro benzene ring substituents is 1. The third-order valence-electron chi connectivity index (χ3n) is 2.95. The number of nitriles is 1. The molecule has 0 unspecified atom stereocenters. The Hall–Kier alpha value is -3.53. The number of amides is 1. The molecule has 0 atom stereocenters. The molecule has 2 aromatic rings. The Bertz CT molecular complexity index is 774. The molecule has 0 aliphatic rings. The van der Waals surface area contributed by atoms with E-state index in [2.05, 4.69) is 10.5 Å². The lowest BCUT2D eigenvalue weighted by Crippen LogP contribution is -2.19. The van der Waals surface area contributed by atoms with Gasteiger partial charge in [-0.05, 0) is 23.3 Å². The average Bonchev–Trinajstić information content (AvgIpc) is 2.56. The number of hydrazone groups is 1. The Labute approximate surface area is 132 Å². The number of carbonyl (C=O) groups is 1. The lowest BCUT2D eigenvalue weighted by molar-refractivity contribution is -0.384. The third kappa shape index (κ3) is 4.75. The van der Waals surface area contributed by atoms with E-state index in [1.165, 1.54) is 30.5 Å². The highest BCUT2D eigenvalue weighted by atomic mass is 16.6. The summed E-state index contributed by atoms with van der Waals surface area (Å²) in [5.74, 6) is -0.330. The Morgan fingerprint density at radius 2 is 1.87 bits per heavy atom. The van der Waals surface area contributed by atoms with Gasteiger partial charge in [-0.3, -0.25) is 14.9 Å². The second kappa shape index (κ2) is 7.47. The van der Waals surface area contributed by atoms with Crippen molar-refractivity contribution in [2.45, 2.75) is 6.42 Å². The number of rotatable bonds is 5. The topological polar surface area (TPSA) is 108 Å². The number of carbonyl (C=O) groups excluding carboxylic acids is 1. The molecule has 1 amide bonds. The summed E-state index contributed by atoms with van der Waals surface area (Å²) in [6, 6.07) is 14.5. The zero-order valence-electron chi connectivity index (χ0n) is 12.0. The zero-order chi connectivity index (χ0) is 16.7. The minimum Gasteiger partial charge on any atom is -0.273 e. The van der Waals surface area contributed by atoms with E-state index >= 15 is 0 Å². The molecular weight excluding hydrogens is 296 g/mol. The Morgan fingerprint density at radius 1 is 1.22 bits per heavy atom.